The first kappa shape index (κ1) is 33.4. The van der Waals surface area contributed by atoms with E-state index in [9.17, 15) is 14.4 Å². The van der Waals surface area contributed by atoms with Crippen molar-refractivity contribution in [2.45, 2.75) is 117 Å². The number of nitrogens with zero attached hydrogens (tertiary/aromatic N) is 1. The summed E-state index contributed by atoms with van der Waals surface area (Å²) in [6, 6.07) is 5.91. The molecule has 1 aromatic carbocycles. The maximum atomic E-state index is 13.4. The fourth-order valence-corrected chi connectivity index (χ4v) is 4.10. The van der Waals surface area contributed by atoms with E-state index in [0.717, 1.165) is 50.5 Å². The van der Waals surface area contributed by atoms with Crippen molar-refractivity contribution in [2.75, 3.05) is 19.6 Å². The van der Waals surface area contributed by atoms with Crippen molar-refractivity contribution in [1.82, 2.24) is 15.5 Å². The third-order valence-corrected chi connectivity index (χ3v) is 6.26. The lowest BCUT2D eigenvalue weighted by Crippen LogP contribution is -2.55. The molecule has 1 rings (SSSR count). The van der Waals surface area contributed by atoms with Gasteiger partial charge in [-0.15, -0.1) is 0 Å². The van der Waals surface area contributed by atoms with Crippen molar-refractivity contribution >= 4 is 18.0 Å². The number of unbranched alkanes of at least 4 members (excludes halogenated alkanes) is 8. The number of rotatable bonds is 19. The minimum absolute atomic E-state index is 0.188. The Labute approximate surface area is 229 Å². The van der Waals surface area contributed by atoms with Gasteiger partial charge >= 0.3 is 12.1 Å². The van der Waals surface area contributed by atoms with Gasteiger partial charge in [0.25, 0.3) is 0 Å². The van der Waals surface area contributed by atoms with Crippen LogP contribution in [0.5, 0.6) is 0 Å². The molecule has 2 amide bonds. The maximum absolute atomic E-state index is 13.4. The van der Waals surface area contributed by atoms with E-state index in [1.165, 1.54) is 19.3 Å². The Hall–Kier alpha value is -2.61. The molecule has 0 aliphatic carbocycles. The monoisotopic (exact) mass is 533 g/mol. The highest BCUT2D eigenvalue weighted by Gasteiger charge is 2.32. The van der Waals surface area contributed by atoms with E-state index in [4.69, 9.17) is 9.84 Å². The van der Waals surface area contributed by atoms with Crippen LogP contribution in [0.2, 0.25) is 0 Å². The van der Waals surface area contributed by atoms with Crippen LogP contribution >= 0.6 is 0 Å². The molecule has 0 radical (unpaired) electrons. The van der Waals surface area contributed by atoms with Gasteiger partial charge < -0.3 is 20.5 Å². The summed E-state index contributed by atoms with van der Waals surface area (Å²) in [5.41, 5.74) is 0.453. The van der Waals surface area contributed by atoms with Gasteiger partial charge in [-0.2, -0.15) is 0 Å². The first-order valence-electron chi connectivity index (χ1n) is 14.4. The lowest BCUT2D eigenvalue weighted by molar-refractivity contribution is -0.126. The van der Waals surface area contributed by atoms with Crippen molar-refractivity contribution < 1.29 is 24.2 Å². The first-order valence-corrected chi connectivity index (χ1v) is 14.4. The van der Waals surface area contributed by atoms with Gasteiger partial charge in [-0.25, -0.2) is 9.59 Å². The number of aromatic carboxylic acids is 1. The summed E-state index contributed by atoms with van der Waals surface area (Å²) in [4.78, 5) is 39.3. The SMILES string of the molecule is CCCCCCCCN(C(=O)OC(C)(C)C)[C@@H](CNCc1ccc(C(=O)O)cc1)C(=O)NCCCCCC. The largest absolute Gasteiger partial charge is 0.478 e. The number of carboxylic acids is 1. The zero-order chi connectivity index (χ0) is 28.4. The van der Waals surface area contributed by atoms with Gasteiger partial charge in [-0.05, 0) is 51.3 Å². The highest BCUT2D eigenvalue weighted by atomic mass is 16.6. The number of carboxylic acid groups (broad SMARTS) is 1. The topological polar surface area (TPSA) is 108 Å². The summed E-state index contributed by atoms with van der Waals surface area (Å²) >= 11 is 0. The molecule has 0 unspecified atom stereocenters. The van der Waals surface area contributed by atoms with E-state index >= 15 is 0 Å². The molecule has 1 atom stereocenters. The molecule has 0 fully saturated rings. The Morgan fingerprint density at radius 3 is 2.05 bits per heavy atom. The fourth-order valence-electron chi connectivity index (χ4n) is 4.10. The summed E-state index contributed by atoms with van der Waals surface area (Å²) in [6.45, 7) is 11.5. The number of carbonyl (C=O) groups is 3. The van der Waals surface area contributed by atoms with Crippen molar-refractivity contribution in [2.24, 2.45) is 0 Å². The van der Waals surface area contributed by atoms with E-state index in [0.29, 0.717) is 19.6 Å². The second-order valence-corrected chi connectivity index (χ2v) is 10.9. The average Bonchev–Trinajstić information content (AvgIpc) is 2.85. The van der Waals surface area contributed by atoms with Gasteiger partial charge in [-0.3, -0.25) is 9.69 Å². The Morgan fingerprint density at radius 2 is 1.47 bits per heavy atom. The fraction of sp³-hybridized carbons (Fsp3) is 0.700. The molecule has 216 valence electrons. The van der Waals surface area contributed by atoms with Crippen LogP contribution in [0.1, 0.15) is 115 Å². The Balaban J connectivity index is 2.96. The number of amides is 2. The molecule has 1 aromatic rings. The van der Waals surface area contributed by atoms with Crippen molar-refractivity contribution in [3.63, 3.8) is 0 Å². The van der Waals surface area contributed by atoms with Gasteiger partial charge in [0.15, 0.2) is 0 Å². The Bertz CT molecular complexity index is 820. The quantitative estimate of drug-likeness (QED) is 0.184. The summed E-state index contributed by atoms with van der Waals surface area (Å²) in [7, 11) is 0. The van der Waals surface area contributed by atoms with E-state index < -0.39 is 23.7 Å². The zero-order valence-corrected chi connectivity index (χ0v) is 24.3. The predicted molar refractivity (Wildman–Crippen MR) is 152 cm³/mol. The average molecular weight is 534 g/mol. The summed E-state index contributed by atoms with van der Waals surface area (Å²) in [5, 5.41) is 15.5. The third-order valence-electron chi connectivity index (χ3n) is 6.26. The van der Waals surface area contributed by atoms with Gasteiger partial charge in [-0.1, -0.05) is 77.3 Å². The number of hydrogen-bond donors (Lipinski definition) is 3. The van der Waals surface area contributed by atoms with Crippen molar-refractivity contribution in [1.29, 1.82) is 0 Å². The maximum Gasteiger partial charge on any atom is 0.411 e. The molecule has 0 aromatic heterocycles. The molecule has 8 heteroatoms. The molecular weight excluding hydrogens is 482 g/mol. The summed E-state index contributed by atoms with van der Waals surface area (Å²) < 4.78 is 5.71. The Morgan fingerprint density at radius 1 is 0.895 bits per heavy atom. The summed E-state index contributed by atoms with van der Waals surface area (Å²) in [6.07, 6.45) is 10.2. The summed E-state index contributed by atoms with van der Waals surface area (Å²) in [5.74, 6) is -1.16. The third kappa shape index (κ3) is 14.4. The molecular formula is C30H51N3O5. The second kappa shape index (κ2) is 18.6. The lowest BCUT2D eigenvalue weighted by Gasteiger charge is -2.33. The normalized spacial score (nSPS) is 12.1. The zero-order valence-electron chi connectivity index (χ0n) is 24.3. The van der Waals surface area contributed by atoms with Crippen LogP contribution in [-0.2, 0) is 16.1 Å². The second-order valence-electron chi connectivity index (χ2n) is 10.9. The van der Waals surface area contributed by atoms with Crippen LogP contribution in [0.15, 0.2) is 24.3 Å². The minimum Gasteiger partial charge on any atom is -0.478 e. The highest BCUT2D eigenvalue weighted by Crippen LogP contribution is 2.15. The molecule has 0 bridgehead atoms. The van der Waals surface area contributed by atoms with Gasteiger partial charge in [0.1, 0.15) is 11.6 Å². The van der Waals surface area contributed by atoms with Crippen LogP contribution in [0.25, 0.3) is 0 Å². The number of benzene rings is 1. The number of nitrogens with one attached hydrogen (secondary N) is 2. The van der Waals surface area contributed by atoms with Crippen LogP contribution in [0, 0.1) is 0 Å². The molecule has 0 saturated carbocycles. The van der Waals surface area contributed by atoms with Crippen LogP contribution < -0.4 is 10.6 Å². The number of carbonyl (C=O) groups excluding carboxylic acids is 2. The number of ether oxygens (including phenoxy) is 1. The van der Waals surface area contributed by atoms with E-state index in [1.807, 2.05) is 20.8 Å². The molecule has 3 N–H and O–H groups in total. The molecule has 0 aliphatic rings. The van der Waals surface area contributed by atoms with E-state index in [-0.39, 0.29) is 18.0 Å². The minimum atomic E-state index is -0.970. The van der Waals surface area contributed by atoms with Crippen molar-refractivity contribution in [3.8, 4) is 0 Å². The van der Waals surface area contributed by atoms with Gasteiger partial charge in [0.2, 0.25) is 5.91 Å². The van der Waals surface area contributed by atoms with Crippen LogP contribution in [0.4, 0.5) is 4.79 Å². The van der Waals surface area contributed by atoms with E-state index in [2.05, 4.69) is 24.5 Å². The molecule has 8 nitrogen and oxygen atoms in total. The van der Waals surface area contributed by atoms with Gasteiger partial charge in [0, 0.05) is 26.2 Å². The van der Waals surface area contributed by atoms with Crippen molar-refractivity contribution in [3.05, 3.63) is 35.4 Å². The standard InChI is InChI=1S/C30H51N3O5/c1-6-8-10-12-13-15-21-33(29(37)38-30(3,4)5)26(27(34)32-20-14-11-9-7-2)23-31-22-24-16-18-25(19-17-24)28(35)36/h16-19,26,31H,6-15,20-23H2,1-5H3,(H,32,34)(H,35,36)/t26-/m0/s1. The molecule has 0 aliphatic heterocycles. The lowest BCUT2D eigenvalue weighted by atomic mass is 10.1. The van der Waals surface area contributed by atoms with E-state index in [1.54, 1.807) is 29.2 Å². The molecule has 0 saturated heterocycles. The van der Waals surface area contributed by atoms with Crippen LogP contribution in [-0.4, -0.2) is 59.3 Å². The Kier molecular flexibility index (Phi) is 16.4. The first-order chi connectivity index (χ1) is 18.1. The predicted octanol–water partition coefficient (Wildman–Crippen LogP) is 6.14. The number of hydrogen-bond acceptors (Lipinski definition) is 5. The highest BCUT2D eigenvalue weighted by molar-refractivity contribution is 5.87. The molecule has 0 spiro atoms. The van der Waals surface area contributed by atoms with Crippen LogP contribution in [0.3, 0.4) is 0 Å². The molecule has 0 heterocycles. The molecule has 38 heavy (non-hydrogen) atoms. The van der Waals surface area contributed by atoms with Gasteiger partial charge in [0.05, 0.1) is 5.56 Å². The smallest absolute Gasteiger partial charge is 0.411 e.